The molecule has 0 aliphatic carbocycles. The van der Waals surface area contributed by atoms with Gasteiger partial charge in [0.1, 0.15) is 23.4 Å². The van der Waals surface area contributed by atoms with E-state index in [0.717, 1.165) is 0 Å². The van der Waals surface area contributed by atoms with Crippen LogP contribution in [0.4, 0.5) is 10.1 Å². The second-order valence-electron chi connectivity index (χ2n) is 3.54. The third-order valence-electron chi connectivity index (χ3n) is 2.27. The highest BCUT2D eigenvalue weighted by molar-refractivity contribution is 6.30. The van der Waals surface area contributed by atoms with Gasteiger partial charge >= 0.3 is 0 Å². The monoisotopic (exact) mass is 262 g/mol. The average molecular weight is 263 g/mol. The summed E-state index contributed by atoms with van der Waals surface area (Å²) in [5.74, 6) is 0.137. The first-order valence-electron chi connectivity index (χ1n) is 5.02. The number of nitrogens with zero attached hydrogens (tertiary/aromatic N) is 1. The fraction of sp³-hybridized carbons (Fsp3) is 0. The summed E-state index contributed by atoms with van der Waals surface area (Å²) < 4.78 is 18.6. The molecule has 0 aliphatic rings. The molecule has 0 radical (unpaired) electrons. The van der Waals surface area contributed by atoms with Crippen LogP contribution in [0, 0.1) is 17.1 Å². The minimum absolute atomic E-state index is 0.0253. The summed E-state index contributed by atoms with van der Waals surface area (Å²) in [6.07, 6.45) is 0. The summed E-state index contributed by atoms with van der Waals surface area (Å²) in [6, 6.07) is 10.7. The van der Waals surface area contributed by atoms with E-state index in [2.05, 4.69) is 0 Å². The smallest absolute Gasteiger partial charge is 0.145 e. The van der Waals surface area contributed by atoms with Crippen molar-refractivity contribution in [1.82, 2.24) is 0 Å². The molecule has 2 rings (SSSR count). The molecule has 0 saturated heterocycles. The molecule has 0 atom stereocenters. The summed E-state index contributed by atoms with van der Waals surface area (Å²) in [5.41, 5.74) is 6.26. The van der Waals surface area contributed by atoms with Crippen LogP contribution in [0.3, 0.4) is 0 Å². The molecule has 0 amide bonds. The Bertz CT molecular complexity index is 637. The molecule has 2 aromatic rings. The van der Waals surface area contributed by atoms with Gasteiger partial charge in [-0.05, 0) is 24.3 Å². The SMILES string of the molecule is N#Cc1cc(Oc2ccc(Cl)c(F)c2)ccc1N. The van der Waals surface area contributed by atoms with Crippen LogP contribution in [-0.2, 0) is 0 Å². The van der Waals surface area contributed by atoms with E-state index in [1.54, 1.807) is 12.1 Å². The van der Waals surface area contributed by atoms with E-state index in [1.165, 1.54) is 24.3 Å². The second-order valence-corrected chi connectivity index (χ2v) is 3.95. The number of nitrogen functional groups attached to an aromatic ring is 1. The molecule has 2 N–H and O–H groups in total. The number of nitrogens with two attached hydrogens (primary N) is 1. The van der Waals surface area contributed by atoms with Gasteiger partial charge in [0.05, 0.1) is 10.6 Å². The number of anilines is 1. The number of halogens is 2. The first-order valence-corrected chi connectivity index (χ1v) is 5.40. The summed E-state index contributed by atoms with van der Waals surface area (Å²) in [6.45, 7) is 0. The van der Waals surface area contributed by atoms with Crippen LogP contribution < -0.4 is 10.5 Å². The van der Waals surface area contributed by atoms with Crippen molar-refractivity contribution in [3.05, 3.63) is 52.8 Å². The minimum Gasteiger partial charge on any atom is -0.457 e. The summed E-state index contributed by atoms with van der Waals surface area (Å²) in [4.78, 5) is 0. The molecule has 0 fully saturated rings. The van der Waals surface area contributed by atoms with Gasteiger partial charge in [-0.25, -0.2) is 4.39 Å². The van der Waals surface area contributed by atoms with E-state index >= 15 is 0 Å². The van der Waals surface area contributed by atoms with Gasteiger partial charge in [-0.1, -0.05) is 11.6 Å². The van der Waals surface area contributed by atoms with Crippen molar-refractivity contribution in [3.63, 3.8) is 0 Å². The first-order chi connectivity index (χ1) is 8.60. The van der Waals surface area contributed by atoms with Gasteiger partial charge in [0, 0.05) is 17.8 Å². The van der Waals surface area contributed by atoms with Crippen LogP contribution in [0.2, 0.25) is 5.02 Å². The molecular formula is C13H8ClFN2O. The summed E-state index contributed by atoms with van der Waals surface area (Å²) in [5, 5.41) is 8.85. The number of ether oxygens (including phenoxy) is 1. The maximum atomic E-state index is 13.2. The lowest BCUT2D eigenvalue weighted by Gasteiger charge is -2.07. The molecule has 90 valence electrons. The van der Waals surface area contributed by atoms with Gasteiger partial charge in [0.25, 0.3) is 0 Å². The van der Waals surface area contributed by atoms with Crippen molar-refractivity contribution in [3.8, 4) is 17.6 Å². The minimum atomic E-state index is -0.565. The highest BCUT2D eigenvalue weighted by atomic mass is 35.5. The van der Waals surface area contributed by atoms with Crippen molar-refractivity contribution < 1.29 is 9.13 Å². The highest BCUT2D eigenvalue weighted by Crippen LogP contribution is 2.27. The van der Waals surface area contributed by atoms with Gasteiger partial charge in [-0.3, -0.25) is 0 Å². The lowest BCUT2D eigenvalue weighted by atomic mass is 10.2. The van der Waals surface area contributed by atoms with E-state index in [-0.39, 0.29) is 5.02 Å². The number of nitriles is 1. The molecule has 0 bridgehead atoms. The first kappa shape index (κ1) is 12.2. The Morgan fingerprint density at radius 3 is 2.50 bits per heavy atom. The van der Waals surface area contributed by atoms with E-state index in [1.807, 2.05) is 6.07 Å². The predicted octanol–water partition coefficient (Wildman–Crippen LogP) is 3.73. The number of hydrogen-bond acceptors (Lipinski definition) is 3. The number of hydrogen-bond donors (Lipinski definition) is 1. The maximum absolute atomic E-state index is 13.2. The van der Waals surface area contributed by atoms with Gasteiger partial charge in [-0.2, -0.15) is 5.26 Å². The van der Waals surface area contributed by atoms with Crippen LogP contribution in [0.1, 0.15) is 5.56 Å². The van der Waals surface area contributed by atoms with Gasteiger partial charge in [0.2, 0.25) is 0 Å². The molecule has 18 heavy (non-hydrogen) atoms. The quantitative estimate of drug-likeness (QED) is 0.839. The van der Waals surface area contributed by atoms with E-state index in [9.17, 15) is 4.39 Å². The largest absolute Gasteiger partial charge is 0.457 e. The molecular weight excluding hydrogens is 255 g/mol. The normalized spacial score (nSPS) is 9.83. The average Bonchev–Trinajstić information content (AvgIpc) is 2.36. The van der Waals surface area contributed by atoms with E-state index in [4.69, 9.17) is 27.3 Å². The Kier molecular flexibility index (Phi) is 3.35. The third kappa shape index (κ3) is 2.53. The summed E-state index contributed by atoms with van der Waals surface area (Å²) >= 11 is 5.56. The topological polar surface area (TPSA) is 59.0 Å². The molecule has 5 heteroatoms. The van der Waals surface area contributed by atoms with Crippen LogP contribution in [0.5, 0.6) is 11.5 Å². The fourth-order valence-electron chi connectivity index (χ4n) is 1.37. The van der Waals surface area contributed by atoms with Gasteiger partial charge < -0.3 is 10.5 Å². The van der Waals surface area contributed by atoms with Crippen molar-refractivity contribution in [1.29, 1.82) is 5.26 Å². The Balaban J connectivity index is 2.29. The van der Waals surface area contributed by atoms with Crippen molar-refractivity contribution in [2.75, 3.05) is 5.73 Å². The van der Waals surface area contributed by atoms with Crippen molar-refractivity contribution in [2.24, 2.45) is 0 Å². The lowest BCUT2D eigenvalue weighted by Crippen LogP contribution is -1.92. The van der Waals surface area contributed by atoms with E-state index in [0.29, 0.717) is 22.7 Å². The Morgan fingerprint density at radius 2 is 1.83 bits per heavy atom. The molecule has 3 nitrogen and oxygen atoms in total. The van der Waals surface area contributed by atoms with Crippen molar-refractivity contribution >= 4 is 17.3 Å². The molecule has 0 aliphatic heterocycles. The van der Waals surface area contributed by atoms with Crippen LogP contribution in [0.15, 0.2) is 36.4 Å². The molecule has 0 aromatic heterocycles. The van der Waals surface area contributed by atoms with Crippen molar-refractivity contribution in [2.45, 2.75) is 0 Å². The van der Waals surface area contributed by atoms with Crippen LogP contribution >= 0.6 is 11.6 Å². The molecule has 0 spiro atoms. The predicted molar refractivity (Wildman–Crippen MR) is 67.1 cm³/mol. The van der Waals surface area contributed by atoms with Gasteiger partial charge in [-0.15, -0.1) is 0 Å². The summed E-state index contributed by atoms with van der Waals surface area (Å²) in [7, 11) is 0. The van der Waals surface area contributed by atoms with E-state index < -0.39 is 5.82 Å². The molecule has 0 saturated carbocycles. The van der Waals surface area contributed by atoms with Crippen LogP contribution in [0.25, 0.3) is 0 Å². The number of rotatable bonds is 2. The zero-order chi connectivity index (χ0) is 13.1. The third-order valence-corrected chi connectivity index (χ3v) is 2.58. The molecule has 0 unspecified atom stereocenters. The number of benzene rings is 2. The lowest BCUT2D eigenvalue weighted by molar-refractivity contribution is 0.477. The van der Waals surface area contributed by atoms with Crippen LogP contribution in [-0.4, -0.2) is 0 Å². The molecule has 0 heterocycles. The zero-order valence-corrected chi connectivity index (χ0v) is 9.91. The fourth-order valence-corrected chi connectivity index (χ4v) is 1.49. The Hall–Kier alpha value is -2.25. The standard InChI is InChI=1S/C13H8ClFN2O/c14-11-3-1-10(6-12(11)15)18-9-2-4-13(17)8(5-9)7-16/h1-6H,17H2. The maximum Gasteiger partial charge on any atom is 0.145 e. The highest BCUT2D eigenvalue weighted by Gasteiger charge is 2.05. The Morgan fingerprint density at radius 1 is 1.17 bits per heavy atom. The Labute approximate surface area is 108 Å². The molecule has 2 aromatic carbocycles. The van der Waals surface area contributed by atoms with Gasteiger partial charge in [0.15, 0.2) is 0 Å². The second kappa shape index (κ2) is 4.94. The zero-order valence-electron chi connectivity index (χ0n) is 9.15.